The lowest BCUT2D eigenvalue weighted by Crippen LogP contribution is -2.57. The molecule has 0 heterocycles. The van der Waals surface area contributed by atoms with Crippen LogP contribution in [0.2, 0.25) is 18.1 Å². The lowest BCUT2D eigenvalue weighted by atomic mass is 9.49. The molecule has 0 aromatic carbocycles. The Morgan fingerprint density at radius 3 is 2.44 bits per heavy atom. The van der Waals surface area contributed by atoms with Crippen molar-refractivity contribution < 1.29 is 14.6 Å². The van der Waals surface area contributed by atoms with E-state index in [4.69, 9.17) is 4.43 Å². The zero-order valence-corrected chi connectivity index (χ0v) is 28.5. The zero-order chi connectivity index (χ0) is 29.0. The first-order chi connectivity index (χ1) is 17.9. The average molecular weight is 575 g/mol. The van der Waals surface area contributed by atoms with Crippen LogP contribution in [0.25, 0.3) is 0 Å². The summed E-state index contributed by atoms with van der Waals surface area (Å²) in [6.45, 7) is 23.0. The van der Waals surface area contributed by atoms with Gasteiger partial charge in [0.15, 0.2) is 8.32 Å². The Morgan fingerprint density at radius 2 is 1.79 bits per heavy atom. The van der Waals surface area contributed by atoms with E-state index in [1.165, 1.54) is 30.6 Å². The number of rotatable bonds is 9. The van der Waals surface area contributed by atoms with E-state index in [-0.39, 0.29) is 28.1 Å². The Bertz CT molecular complexity index is 999. The Kier molecular flexibility index (Phi) is 8.96. The van der Waals surface area contributed by atoms with E-state index in [0.29, 0.717) is 17.1 Å². The van der Waals surface area contributed by atoms with Crippen molar-refractivity contribution >= 4 is 20.1 Å². The summed E-state index contributed by atoms with van der Waals surface area (Å²) in [5.74, 6) is 2.26. The Labute approximate surface area is 245 Å². The number of hydrogen-bond donors (Lipinski definition) is 2. The smallest absolute Gasteiger partial charge is 0.192 e. The second kappa shape index (κ2) is 11.1. The van der Waals surface area contributed by atoms with Gasteiger partial charge in [0, 0.05) is 10.7 Å². The third kappa shape index (κ3) is 6.09. The summed E-state index contributed by atoms with van der Waals surface area (Å²) in [6, 6.07) is 0. The molecule has 0 bridgehead atoms. The van der Waals surface area contributed by atoms with E-state index in [2.05, 4.69) is 84.6 Å². The molecular formula is C34H58O3SSi. The molecule has 39 heavy (non-hydrogen) atoms. The van der Waals surface area contributed by atoms with Crippen molar-refractivity contribution in [3.63, 3.8) is 0 Å². The van der Waals surface area contributed by atoms with Gasteiger partial charge >= 0.3 is 0 Å². The highest BCUT2D eigenvalue weighted by Crippen LogP contribution is 2.65. The van der Waals surface area contributed by atoms with Crippen molar-refractivity contribution in [3.05, 3.63) is 34.9 Å². The van der Waals surface area contributed by atoms with E-state index in [1.54, 1.807) is 11.1 Å². The molecule has 3 nitrogen and oxygen atoms in total. The highest BCUT2D eigenvalue weighted by molar-refractivity contribution is 8.00. The molecule has 5 heteroatoms. The molecule has 0 amide bonds. The molecule has 2 N–H and O–H groups in total. The quantitative estimate of drug-likeness (QED) is 0.164. The van der Waals surface area contributed by atoms with Gasteiger partial charge in [-0.15, -0.1) is 0 Å². The number of thioether (sulfide) groups is 1. The predicted octanol–water partition coefficient (Wildman–Crippen LogP) is 8.83. The predicted molar refractivity (Wildman–Crippen MR) is 171 cm³/mol. The minimum absolute atomic E-state index is 0.0240. The number of hydrogen-bond acceptors (Lipinski definition) is 4. The summed E-state index contributed by atoms with van der Waals surface area (Å²) in [4.78, 5) is 0. The minimum Gasteiger partial charge on any atom is -0.413 e. The maximum Gasteiger partial charge on any atom is 0.192 e. The maximum absolute atomic E-state index is 10.9. The molecule has 2 saturated carbocycles. The fourth-order valence-corrected chi connectivity index (χ4v) is 10.7. The van der Waals surface area contributed by atoms with Gasteiger partial charge in [0.2, 0.25) is 0 Å². The fourth-order valence-electron chi connectivity index (χ4n) is 7.99. The second-order valence-electron chi connectivity index (χ2n) is 15.8. The molecule has 4 aliphatic carbocycles. The van der Waals surface area contributed by atoms with Gasteiger partial charge in [0.05, 0.1) is 17.8 Å². The fraction of sp³-hybridized carbons (Fsp3) is 0.824. The Morgan fingerprint density at radius 1 is 1.10 bits per heavy atom. The largest absolute Gasteiger partial charge is 0.413 e. The van der Waals surface area contributed by atoms with Crippen molar-refractivity contribution in [2.45, 2.75) is 148 Å². The molecule has 7 atom stereocenters. The van der Waals surface area contributed by atoms with Crippen molar-refractivity contribution in [1.29, 1.82) is 0 Å². The molecular weight excluding hydrogens is 517 g/mol. The van der Waals surface area contributed by atoms with Gasteiger partial charge < -0.3 is 14.6 Å². The van der Waals surface area contributed by atoms with Gasteiger partial charge in [0.25, 0.3) is 0 Å². The molecule has 4 aliphatic rings. The molecule has 0 saturated heterocycles. The van der Waals surface area contributed by atoms with Crippen molar-refractivity contribution in [2.75, 3.05) is 5.75 Å². The lowest BCUT2D eigenvalue weighted by Gasteiger charge is -2.58. The van der Waals surface area contributed by atoms with Crippen molar-refractivity contribution in [1.82, 2.24) is 0 Å². The summed E-state index contributed by atoms with van der Waals surface area (Å²) in [6.07, 6.45) is 15.5. The van der Waals surface area contributed by atoms with Gasteiger partial charge in [-0.3, -0.25) is 0 Å². The summed E-state index contributed by atoms with van der Waals surface area (Å²) in [5, 5.41) is 21.6. The lowest BCUT2D eigenvalue weighted by molar-refractivity contribution is -0.0417. The van der Waals surface area contributed by atoms with Crippen LogP contribution in [0.3, 0.4) is 0 Å². The maximum atomic E-state index is 10.9. The highest BCUT2D eigenvalue weighted by atomic mass is 32.2. The van der Waals surface area contributed by atoms with E-state index in [9.17, 15) is 10.2 Å². The molecule has 0 aliphatic heterocycles. The van der Waals surface area contributed by atoms with Crippen molar-refractivity contribution in [2.24, 2.45) is 22.7 Å². The van der Waals surface area contributed by atoms with Crippen LogP contribution in [0.5, 0.6) is 0 Å². The first-order valence-electron chi connectivity index (χ1n) is 15.7. The Hall–Kier alpha value is -0.333. The van der Waals surface area contributed by atoms with Crippen LogP contribution in [-0.4, -0.2) is 47.3 Å². The second-order valence-corrected chi connectivity index (χ2v) is 22.0. The third-order valence-corrected chi connectivity index (χ3v) is 17.3. The van der Waals surface area contributed by atoms with Crippen LogP contribution < -0.4 is 0 Å². The Balaban J connectivity index is 1.51. The van der Waals surface area contributed by atoms with Gasteiger partial charge in [-0.05, 0) is 113 Å². The van der Waals surface area contributed by atoms with Gasteiger partial charge in [-0.2, -0.15) is 11.8 Å². The highest BCUT2D eigenvalue weighted by Gasteiger charge is 2.58. The van der Waals surface area contributed by atoms with Crippen LogP contribution >= 0.6 is 11.8 Å². The van der Waals surface area contributed by atoms with Crippen LogP contribution in [0, 0.1) is 22.7 Å². The number of unbranched alkanes of at least 4 members (excludes halogenated alkanes) is 1. The minimum atomic E-state index is -1.98. The summed E-state index contributed by atoms with van der Waals surface area (Å²) < 4.78 is 7.19. The van der Waals surface area contributed by atoms with Gasteiger partial charge in [0.1, 0.15) is 0 Å². The van der Waals surface area contributed by atoms with Gasteiger partial charge in [-0.25, -0.2) is 0 Å². The number of fused-ring (bicyclic) bond motifs is 5. The molecule has 0 radical (unpaired) electrons. The molecule has 0 aromatic heterocycles. The van der Waals surface area contributed by atoms with Crippen LogP contribution in [0.1, 0.15) is 107 Å². The van der Waals surface area contributed by atoms with Crippen LogP contribution in [0.4, 0.5) is 0 Å². The first-order valence-corrected chi connectivity index (χ1v) is 19.7. The van der Waals surface area contributed by atoms with E-state index < -0.39 is 13.9 Å². The first kappa shape index (κ1) is 31.6. The SMILES string of the molecule is CC(SCCCCC(C)(C)O)C1=CC[C@H]2C3=CC=C4C[C@@H](O)C[C@H](O[Si](C)(C)C(C)(C)C)[C@]4(C)[C@H]3CC[C@]12C. The molecule has 0 aromatic rings. The molecule has 0 spiro atoms. The monoisotopic (exact) mass is 574 g/mol. The van der Waals surface area contributed by atoms with E-state index >= 15 is 0 Å². The van der Waals surface area contributed by atoms with Crippen molar-refractivity contribution in [3.8, 4) is 0 Å². The number of aliphatic hydroxyl groups excluding tert-OH is 1. The summed E-state index contributed by atoms with van der Waals surface area (Å²) >= 11 is 2.11. The number of allylic oxidation sites excluding steroid dienone is 4. The zero-order valence-electron chi connectivity index (χ0n) is 26.7. The topological polar surface area (TPSA) is 49.7 Å². The van der Waals surface area contributed by atoms with Gasteiger partial charge in [-0.1, -0.05) is 69.6 Å². The van der Waals surface area contributed by atoms with Crippen LogP contribution in [0.15, 0.2) is 34.9 Å². The molecule has 222 valence electrons. The number of aliphatic hydroxyl groups is 2. The third-order valence-electron chi connectivity index (χ3n) is 11.5. The molecule has 4 rings (SSSR count). The average Bonchev–Trinajstić information content (AvgIpc) is 3.15. The summed E-state index contributed by atoms with van der Waals surface area (Å²) in [5.41, 5.74) is 4.42. The standard InChI is InChI=1S/C34H58O3SSi/c1-23(38-20-12-11-18-32(5,6)36)27-15-16-28-26-14-13-24-21-25(35)22-30(37-39(9,10)31(2,3)4)34(24,8)29(26)17-19-33(27,28)7/h13-15,23,25,28-30,35-36H,11-12,16-22H2,1-10H3/t23?,25-,28+,29+,30+,33-,34+/m1/s1. The van der Waals surface area contributed by atoms with E-state index in [1.807, 2.05) is 13.8 Å². The summed E-state index contributed by atoms with van der Waals surface area (Å²) in [7, 11) is -1.98. The molecule has 2 fully saturated rings. The van der Waals surface area contributed by atoms with Crippen LogP contribution in [-0.2, 0) is 4.43 Å². The normalized spacial score (nSPS) is 35.8. The molecule has 1 unspecified atom stereocenters. The van der Waals surface area contributed by atoms with E-state index in [0.717, 1.165) is 32.1 Å².